The highest BCUT2D eigenvalue weighted by atomic mass is 19.3. The molecule has 0 spiro atoms. The Morgan fingerprint density at radius 1 is 1.22 bits per heavy atom. The predicted molar refractivity (Wildman–Crippen MR) is 58.4 cm³/mol. The number of carboxylic acids is 1. The van der Waals surface area contributed by atoms with Crippen molar-refractivity contribution < 1.29 is 28.2 Å². The van der Waals surface area contributed by atoms with E-state index in [4.69, 9.17) is 9.47 Å². The van der Waals surface area contributed by atoms with Crippen molar-refractivity contribution in [2.24, 2.45) is 5.41 Å². The first-order valence-electron chi connectivity index (χ1n) is 6.10. The number of rotatable bonds is 2. The largest absolute Gasteiger partial charge is 0.481 e. The summed E-state index contributed by atoms with van der Waals surface area (Å²) in [6, 6.07) is 0. The third-order valence-corrected chi connectivity index (χ3v) is 3.92. The van der Waals surface area contributed by atoms with E-state index in [1.54, 1.807) is 13.8 Å². The van der Waals surface area contributed by atoms with Crippen LogP contribution >= 0.6 is 0 Å². The van der Waals surface area contributed by atoms with Crippen molar-refractivity contribution in [3.05, 3.63) is 0 Å². The summed E-state index contributed by atoms with van der Waals surface area (Å²) in [6.45, 7) is 3.53. The Hall–Kier alpha value is -0.750. The summed E-state index contributed by atoms with van der Waals surface area (Å²) in [5, 5.41) is 9.41. The van der Waals surface area contributed by atoms with Crippen LogP contribution in [0.3, 0.4) is 0 Å². The summed E-state index contributed by atoms with van der Waals surface area (Å²) in [6.07, 6.45) is -1.60. The maximum absolute atomic E-state index is 13.2. The molecule has 1 heterocycles. The summed E-state index contributed by atoms with van der Waals surface area (Å²) in [5.74, 6) is -4.66. The SMILES string of the molecule is CC1(C)OCC(C2(C(=O)O)CCC(F)(F)CC2)O1. The lowest BCUT2D eigenvalue weighted by Gasteiger charge is -2.40. The van der Waals surface area contributed by atoms with E-state index in [0.29, 0.717) is 0 Å². The van der Waals surface area contributed by atoms with Crippen LogP contribution in [0.15, 0.2) is 0 Å². The zero-order valence-electron chi connectivity index (χ0n) is 10.5. The van der Waals surface area contributed by atoms with Crippen molar-refractivity contribution in [3.63, 3.8) is 0 Å². The number of aliphatic carboxylic acids is 1. The highest BCUT2D eigenvalue weighted by molar-refractivity contribution is 5.75. The van der Waals surface area contributed by atoms with E-state index in [9.17, 15) is 18.7 Å². The summed E-state index contributed by atoms with van der Waals surface area (Å²) in [4.78, 5) is 11.5. The van der Waals surface area contributed by atoms with Gasteiger partial charge in [-0.25, -0.2) is 8.78 Å². The quantitative estimate of drug-likeness (QED) is 0.832. The molecule has 1 N–H and O–H groups in total. The van der Waals surface area contributed by atoms with Gasteiger partial charge in [-0.3, -0.25) is 4.79 Å². The predicted octanol–water partition coefficient (Wildman–Crippen LogP) is 2.42. The standard InChI is InChI=1S/C12H18F2O4/c1-10(2)17-7-8(18-10)11(9(15)16)3-5-12(13,14)6-4-11/h8H,3-7H2,1-2H3,(H,15,16). The third-order valence-electron chi connectivity index (χ3n) is 3.92. The second-order valence-electron chi connectivity index (χ2n) is 5.63. The Bertz CT molecular complexity index is 344. The number of ether oxygens (including phenoxy) is 2. The van der Waals surface area contributed by atoms with Gasteiger partial charge < -0.3 is 14.6 Å². The number of alkyl halides is 2. The van der Waals surface area contributed by atoms with Gasteiger partial charge in [0.2, 0.25) is 5.92 Å². The minimum Gasteiger partial charge on any atom is -0.481 e. The average Bonchev–Trinajstić information content (AvgIpc) is 2.59. The van der Waals surface area contributed by atoms with Gasteiger partial charge in [0.15, 0.2) is 5.79 Å². The average molecular weight is 264 g/mol. The zero-order chi connectivity index (χ0) is 13.6. The van der Waals surface area contributed by atoms with Crippen LogP contribution < -0.4 is 0 Å². The molecule has 0 radical (unpaired) electrons. The van der Waals surface area contributed by atoms with E-state index >= 15 is 0 Å². The van der Waals surface area contributed by atoms with Crippen LogP contribution in [0.1, 0.15) is 39.5 Å². The normalized spacial score (nSPS) is 33.2. The van der Waals surface area contributed by atoms with Gasteiger partial charge in [0.25, 0.3) is 0 Å². The lowest BCUT2D eigenvalue weighted by atomic mass is 9.69. The molecular formula is C12H18F2O4. The lowest BCUT2D eigenvalue weighted by molar-refractivity contribution is -0.185. The molecule has 0 aromatic carbocycles. The summed E-state index contributed by atoms with van der Waals surface area (Å²) in [5.41, 5.74) is -1.24. The van der Waals surface area contributed by atoms with Gasteiger partial charge in [0.1, 0.15) is 6.10 Å². The van der Waals surface area contributed by atoms with Crippen molar-refractivity contribution >= 4 is 5.97 Å². The van der Waals surface area contributed by atoms with Gasteiger partial charge in [-0.2, -0.15) is 0 Å². The molecule has 6 heteroatoms. The topological polar surface area (TPSA) is 55.8 Å². The summed E-state index contributed by atoms with van der Waals surface area (Å²) >= 11 is 0. The molecule has 1 aliphatic heterocycles. The molecule has 0 aromatic heterocycles. The van der Waals surface area contributed by atoms with Crippen LogP contribution in [-0.4, -0.2) is 35.5 Å². The van der Waals surface area contributed by atoms with Crippen LogP contribution in [0.2, 0.25) is 0 Å². The molecule has 0 amide bonds. The van der Waals surface area contributed by atoms with E-state index in [1.165, 1.54) is 0 Å². The highest BCUT2D eigenvalue weighted by Crippen LogP contribution is 2.49. The molecule has 104 valence electrons. The van der Waals surface area contributed by atoms with Gasteiger partial charge in [-0.1, -0.05) is 0 Å². The fourth-order valence-electron chi connectivity index (χ4n) is 2.69. The first kappa shape index (κ1) is 13.7. The highest BCUT2D eigenvalue weighted by Gasteiger charge is 2.56. The van der Waals surface area contributed by atoms with E-state index in [1.807, 2.05) is 0 Å². The summed E-state index contributed by atoms with van der Waals surface area (Å²) < 4.78 is 37.3. The Morgan fingerprint density at radius 2 is 1.78 bits per heavy atom. The molecule has 1 saturated heterocycles. The number of hydrogen-bond acceptors (Lipinski definition) is 3. The number of carboxylic acid groups (broad SMARTS) is 1. The van der Waals surface area contributed by atoms with E-state index in [2.05, 4.69) is 0 Å². The van der Waals surface area contributed by atoms with E-state index in [0.717, 1.165) is 0 Å². The Kier molecular flexibility index (Phi) is 3.14. The molecule has 1 aliphatic carbocycles. The van der Waals surface area contributed by atoms with Crippen LogP contribution in [0.5, 0.6) is 0 Å². The van der Waals surface area contributed by atoms with Crippen molar-refractivity contribution in [3.8, 4) is 0 Å². The monoisotopic (exact) mass is 264 g/mol. The van der Waals surface area contributed by atoms with Gasteiger partial charge in [0, 0.05) is 12.8 Å². The second kappa shape index (κ2) is 4.13. The van der Waals surface area contributed by atoms with Crippen molar-refractivity contribution in [2.45, 2.75) is 57.3 Å². The summed E-state index contributed by atoms with van der Waals surface area (Å²) in [7, 11) is 0. The van der Waals surface area contributed by atoms with Crippen LogP contribution in [0.25, 0.3) is 0 Å². The van der Waals surface area contributed by atoms with E-state index in [-0.39, 0.29) is 19.4 Å². The molecule has 2 rings (SSSR count). The molecule has 0 aromatic rings. The maximum Gasteiger partial charge on any atom is 0.312 e. The second-order valence-corrected chi connectivity index (χ2v) is 5.63. The molecule has 1 atom stereocenters. The van der Waals surface area contributed by atoms with Gasteiger partial charge in [0.05, 0.1) is 12.0 Å². The van der Waals surface area contributed by atoms with Gasteiger partial charge >= 0.3 is 5.97 Å². The number of carbonyl (C=O) groups is 1. The van der Waals surface area contributed by atoms with Crippen LogP contribution in [0.4, 0.5) is 8.78 Å². The number of hydrogen-bond donors (Lipinski definition) is 1. The third kappa shape index (κ3) is 2.36. The van der Waals surface area contributed by atoms with Crippen molar-refractivity contribution in [1.82, 2.24) is 0 Å². The van der Waals surface area contributed by atoms with Gasteiger partial charge in [-0.15, -0.1) is 0 Å². The number of halogens is 2. The Labute approximate surface area is 104 Å². The first-order chi connectivity index (χ1) is 8.17. The maximum atomic E-state index is 13.2. The molecule has 1 unspecified atom stereocenters. The van der Waals surface area contributed by atoms with Crippen molar-refractivity contribution in [1.29, 1.82) is 0 Å². The van der Waals surface area contributed by atoms with E-state index < -0.39 is 42.0 Å². The minimum atomic E-state index is -2.76. The van der Waals surface area contributed by atoms with Crippen LogP contribution in [0, 0.1) is 5.41 Å². The molecule has 0 bridgehead atoms. The van der Waals surface area contributed by atoms with Gasteiger partial charge in [-0.05, 0) is 26.7 Å². The molecule has 1 saturated carbocycles. The lowest BCUT2D eigenvalue weighted by Crippen LogP contribution is -2.49. The van der Waals surface area contributed by atoms with Crippen LogP contribution in [-0.2, 0) is 14.3 Å². The molecule has 2 fully saturated rings. The molecule has 2 aliphatic rings. The first-order valence-corrected chi connectivity index (χ1v) is 6.10. The molecule has 4 nitrogen and oxygen atoms in total. The molecular weight excluding hydrogens is 246 g/mol. The van der Waals surface area contributed by atoms with Crippen molar-refractivity contribution in [2.75, 3.05) is 6.61 Å². The fourth-order valence-corrected chi connectivity index (χ4v) is 2.69. The minimum absolute atomic E-state index is 0.0700. The zero-order valence-corrected chi connectivity index (χ0v) is 10.5. The Balaban J connectivity index is 2.17. The fraction of sp³-hybridized carbons (Fsp3) is 0.917. The smallest absolute Gasteiger partial charge is 0.312 e. The Morgan fingerprint density at radius 3 is 2.17 bits per heavy atom. The molecule has 18 heavy (non-hydrogen) atoms.